The zero-order valence-corrected chi connectivity index (χ0v) is 22.5. The van der Waals surface area contributed by atoms with Gasteiger partial charge in [-0.2, -0.15) is 0 Å². The second-order valence-corrected chi connectivity index (χ2v) is 9.89. The number of carbonyl (C=O) groups is 1. The third-order valence-electron chi connectivity index (χ3n) is 7.07. The van der Waals surface area contributed by atoms with Gasteiger partial charge in [-0.3, -0.25) is 9.59 Å². The summed E-state index contributed by atoms with van der Waals surface area (Å²) in [6, 6.07) is 14.5. The molecule has 1 unspecified atom stereocenters. The molecule has 1 atom stereocenters. The van der Waals surface area contributed by atoms with Gasteiger partial charge >= 0.3 is 0 Å². The van der Waals surface area contributed by atoms with Crippen LogP contribution in [-0.2, 0) is 0 Å². The maximum absolute atomic E-state index is 13.7. The van der Waals surface area contributed by atoms with Crippen LogP contribution in [-0.4, -0.2) is 48.5 Å². The van der Waals surface area contributed by atoms with E-state index in [1.54, 1.807) is 12.1 Å². The van der Waals surface area contributed by atoms with Gasteiger partial charge < -0.3 is 19.0 Å². The Hall–Kier alpha value is -3.12. The summed E-state index contributed by atoms with van der Waals surface area (Å²) in [6.07, 6.45) is 6.47. The van der Waals surface area contributed by atoms with Crippen LogP contribution in [0, 0.1) is 0 Å². The molecule has 1 aromatic heterocycles. The van der Waals surface area contributed by atoms with Crippen LogP contribution in [0.2, 0.25) is 0 Å². The molecule has 0 N–H and O–H groups in total. The van der Waals surface area contributed by atoms with Gasteiger partial charge in [-0.1, -0.05) is 57.9 Å². The molecule has 37 heavy (non-hydrogen) atoms. The van der Waals surface area contributed by atoms with Crippen LogP contribution in [0.1, 0.15) is 87.0 Å². The van der Waals surface area contributed by atoms with Crippen molar-refractivity contribution < 1.29 is 13.9 Å². The molecule has 1 aliphatic heterocycles. The van der Waals surface area contributed by atoms with Crippen molar-refractivity contribution >= 4 is 16.9 Å². The fraction of sp³-hybridized carbons (Fsp3) is 0.484. The van der Waals surface area contributed by atoms with Crippen molar-refractivity contribution in [1.29, 1.82) is 0 Å². The fourth-order valence-electron chi connectivity index (χ4n) is 5.07. The number of ether oxygens (including phenoxy) is 1. The normalized spacial score (nSPS) is 15.1. The molecule has 6 heteroatoms. The van der Waals surface area contributed by atoms with Crippen LogP contribution in [0.5, 0.6) is 5.75 Å². The van der Waals surface area contributed by atoms with Crippen LogP contribution in [0.3, 0.4) is 0 Å². The Balaban J connectivity index is 1.64. The Bertz CT molecular complexity index is 1230. The minimum absolute atomic E-state index is 0.128. The molecule has 198 valence electrons. The molecule has 0 saturated carbocycles. The zero-order valence-electron chi connectivity index (χ0n) is 22.5. The predicted octanol–water partition coefficient (Wildman–Crippen LogP) is 6.42. The first kappa shape index (κ1) is 26.9. The highest BCUT2D eigenvalue weighted by Crippen LogP contribution is 2.38. The molecule has 0 radical (unpaired) electrons. The largest absolute Gasteiger partial charge is 0.494 e. The molecular formula is C31H40N2O4. The van der Waals surface area contributed by atoms with Crippen molar-refractivity contribution in [3.8, 4) is 5.75 Å². The van der Waals surface area contributed by atoms with Crippen molar-refractivity contribution in [1.82, 2.24) is 9.80 Å². The molecule has 0 fully saturated rings. The van der Waals surface area contributed by atoms with Crippen LogP contribution < -0.4 is 10.2 Å². The van der Waals surface area contributed by atoms with Gasteiger partial charge in [0.2, 0.25) is 5.76 Å². The summed E-state index contributed by atoms with van der Waals surface area (Å²) in [5.74, 6) is 0.756. The summed E-state index contributed by atoms with van der Waals surface area (Å²) >= 11 is 0. The van der Waals surface area contributed by atoms with Crippen LogP contribution in [0.25, 0.3) is 11.0 Å². The van der Waals surface area contributed by atoms with E-state index in [1.165, 1.54) is 25.7 Å². The molecule has 6 nitrogen and oxygen atoms in total. The van der Waals surface area contributed by atoms with E-state index < -0.39 is 6.04 Å². The summed E-state index contributed by atoms with van der Waals surface area (Å²) in [7, 11) is 0. The van der Waals surface area contributed by atoms with Gasteiger partial charge in [-0.15, -0.1) is 0 Å². The van der Waals surface area contributed by atoms with E-state index >= 15 is 0 Å². The third-order valence-corrected chi connectivity index (χ3v) is 7.07. The Morgan fingerprint density at radius 1 is 0.865 bits per heavy atom. The summed E-state index contributed by atoms with van der Waals surface area (Å²) in [5.41, 5.74) is 1.66. The molecule has 0 spiro atoms. The van der Waals surface area contributed by atoms with Crippen molar-refractivity contribution in [3.63, 3.8) is 0 Å². The Morgan fingerprint density at radius 3 is 2.22 bits per heavy atom. The maximum atomic E-state index is 13.7. The van der Waals surface area contributed by atoms with Crippen molar-refractivity contribution in [2.45, 2.75) is 65.3 Å². The summed E-state index contributed by atoms with van der Waals surface area (Å²) in [4.78, 5) is 31.6. The lowest BCUT2D eigenvalue weighted by atomic mass is 9.98. The summed E-state index contributed by atoms with van der Waals surface area (Å²) < 4.78 is 11.8. The lowest BCUT2D eigenvalue weighted by Gasteiger charge is -2.27. The van der Waals surface area contributed by atoms with Gasteiger partial charge in [-0.25, -0.2) is 0 Å². The minimum atomic E-state index is -0.469. The van der Waals surface area contributed by atoms with E-state index in [2.05, 4.69) is 25.7 Å². The lowest BCUT2D eigenvalue weighted by Crippen LogP contribution is -2.34. The van der Waals surface area contributed by atoms with Gasteiger partial charge in [0.05, 0.1) is 23.6 Å². The number of carbonyl (C=O) groups excluding carboxylic acids is 1. The predicted molar refractivity (Wildman–Crippen MR) is 148 cm³/mol. The second-order valence-electron chi connectivity index (χ2n) is 9.89. The van der Waals surface area contributed by atoms with Gasteiger partial charge in [0.25, 0.3) is 5.91 Å². The third kappa shape index (κ3) is 6.07. The van der Waals surface area contributed by atoms with E-state index in [4.69, 9.17) is 9.15 Å². The van der Waals surface area contributed by atoms with E-state index in [-0.39, 0.29) is 17.1 Å². The number of benzene rings is 2. The van der Waals surface area contributed by atoms with Crippen LogP contribution in [0.15, 0.2) is 57.7 Å². The number of hydrogen-bond donors (Lipinski definition) is 0. The van der Waals surface area contributed by atoms with Gasteiger partial charge in [0.1, 0.15) is 11.3 Å². The minimum Gasteiger partial charge on any atom is -0.494 e. The number of nitrogens with zero attached hydrogens (tertiary/aromatic N) is 2. The standard InChI is InChI=1S/C31H40N2O4/c1-4-7-18-32(19-8-5-2)20-11-21-33-28(23-14-16-24(17-15-23)36-22-6-3)27-29(34)25-12-9-10-13-26(25)37-30(27)31(33)35/h9-10,12-17,28H,4-8,11,18-22H2,1-3H3. The first-order valence-corrected chi connectivity index (χ1v) is 13.9. The quantitative estimate of drug-likeness (QED) is 0.254. The average Bonchev–Trinajstić information content (AvgIpc) is 3.20. The molecule has 0 aliphatic carbocycles. The summed E-state index contributed by atoms with van der Waals surface area (Å²) in [5, 5.41) is 0.508. The van der Waals surface area contributed by atoms with Gasteiger partial charge in [0.15, 0.2) is 5.43 Å². The van der Waals surface area contributed by atoms with Crippen molar-refractivity contribution in [3.05, 3.63) is 75.6 Å². The second kappa shape index (κ2) is 12.9. The van der Waals surface area contributed by atoms with E-state index in [0.717, 1.165) is 43.8 Å². The van der Waals surface area contributed by atoms with Crippen LogP contribution in [0.4, 0.5) is 0 Å². The van der Waals surface area contributed by atoms with E-state index in [9.17, 15) is 9.59 Å². The molecular weight excluding hydrogens is 464 g/mol. The Kier molecular flexibility index (Phi) is 9.40. The Labute approximate surface area is 220 Å². The van der Waals surface area contributed by atoms with Crippen LogP contribution >= 0.6 is 0 Å². The highest BCUT2D eigenvalue weighted by molar-refractivity contribution is 5.99. The summed E-state index contributed by atoms with van der Waals surface area (Å²) in [6.45, 7) is 10.8. The first-order chi connectivity index (χ1) is 18.1. The highest BCUT2D eigenvalue weighted by Gasteiger charge is 2.42. The molecule has 4 rings (SSSR count). The molecule has 3 aromatic rings. The van der Waals surface area contributed by atoms with Gasteiger partial charge in [0, 0.05) is 6.54 Å². The number of rotatable bonds is 14. The maximum Gasteiger partial charge on any atom is 0.290 e. The average molecular weight is 505 g/mol. The molecule has 1 aliphatic rings. The van der Waals surface area contributed by atoms with E-state index in [0.29, 0.717) is 29.7 Å². The fourth-order valence-corrected chi connectivity index (χ4v) is 5.07. The topological polar surface area (TPSA) is 63.0 Å². The number of fused-ring (bicyclic) bond motifs is 2. The monoisotopic (exact) mass is 504 g/mol. The smallest absolute Gasteiger partial charge is 0.290 e. The zero-order chi connectivity index (χ0) is 26.2. The Morgan fingerprint density at radius 2 is 1.54 bits per heavy atom. The first-order valence-electron chi connectivity index (χ1n) is 13.9. The number of amides is 1. The van der Waals surface area contributed by atoms with Crippen molar-refractivity contribution in [2.75, 3.05) is 32.8 Å². The molecule has 2 heterocycles. The lowest BCUT2D eigenvalue weighted by molar-refractivity contribution is 0.0719. The number of hydrogen-bond acceptors (Lipinski definition) is 5. The molecule has 1 amide bonds. The number of para-hydroxylation sites is 1. The molecule has 2 aromatic carbocycles. The van der Waals surface area contributed by atoms with Crippen molar-refractivity contribution in [2.24, 2.45) is 0 Å². The van der Waals surface area contributed by atoms with Gasteiger partial charge in [-0.05, 0) is 75.1 Å². The van der Waals surface area contributed by atoms with E-state index in [1.807, 2.05) is 41.3 Å². The number of unbranched alkanes of at least 4 members (excludes halogenated alkanes) is 2. The SMILES string of the molecule is CCCCN(CCCC)CCCN1C(=O)c2oc3ccccc3c(=O)c2C1c1ccc(OCCC)cc1. The molecule has 0 bridgehead atoms. The highest BCUT2D eigenvalue weighted by atomic mass is 16.5. The molecule has 0 saturated heterocycles.